The van der Waals surface area contributed by atoms with E-state index in [4.69, 9.17) is 5.11 Å². The third-order valence-electron chi connectivity index (χ3n) is 4.20. The number of ether oxygens (including phenoxy) is 1. The summed E-state index contributed by atoms with van der Waals surface area (Å²) in [6.07, 6.45) is 1.65. The number of carbonyl (C=O) groups is 3. The van der Waals surface area contributed by atoms with Crippen LogP contribution in [0.1, 0.15) is 28.8 Å². The fourth-order valence-electron chi connectivity index (χ4n) is 2.68. The lowest BCUT2D eigenvalue weighted by Crippen LogP contribution is -2.45. The molecule has 1 heterocycles. The maximum atomic E-state index is 12.1. The zero-order valence-electron chi connectivity index (χ0n) is 13.7. The molecular weight excluding hydrogens is 312 g/mol. The molecule has 2 amide bonds. The summed E-state index contributed by atoms with van der Waals surface area (Å²) in [6, 6.07) is 6.89. The van der Waals surface area contributed by atoms with Gasteiger partial charge in [-0.05, 0) is 37.0 Å². The lowest BCUT2D eigenvalue weighted by atomic mass is 9.97. The highest BCUT2D eigenvalue weighted by atomic mass is 16.5. The molecule has 0 aliphatic carbocycles. The number of aliphatic carboxylic acids is 1. The number of nitrogens with one attached hydrogen (secondary N) is 1. The second kappa shape index (κ2) is 8.33. The fraction of sp³-hybridized carbons (Fsp3) is 0.471. The van der Waals surface area contributed by atoms with Gasteiger partial charge in [0.05, 0.1) is 18.6 Å². The van der Waals surface area contributed by atoms with Crippen LogP contribution >= 0.6 is 0 Å². The minimum Gasteiger partial charge on any atom is -0.481 e. The Hall–Kier alpha value is -2.57. The van der Waals surface area contributed by atoms with E-state index < -0.39 is 5.97 Å². The molecule has 1 saturated heterocycles. The molecule has 2 N–H and O–H groups in total. The topological polar surface area (TPSA) is 95.9 Å². The first-order valence-corrected chi connectivity index (χ1v) is 7.94. The quantitative estimate of drug-likeness (QED) is 0.796. The molecule has 7 heteroatoms. The molecule has 0 spiro atoms. The second-order valence-electron chi connectivity index (χ2n) is 5.77. The molecule has 0 radical (unpaired) electrons. The maximum Gasteiger partial charge on any atom is 0.337 e. The van der Waals surface area contributed by atoms with E-state index in [2.05, 4.69) is 10.1 Å². The number of benzene rings is 1. The maximum absolute atomic E-state index is 12.1. The molecule has 0 saturated carbocycles. The van der Waals surface area contributed by atoms with Gasteiger partial charge in [0, 0.05) is 19.6 Å². The van der Waals surface area contributed by atoms with Crippen LogP contribution in [0.3, 0.4) is 0 Å². The molecule has 130 valence electrons. The van der Waals surface area contributed by atoms with Crippen molar-refractivity contribution in [3.05, 3.63) is 35.4 Å². The number of nitrogens with zero attached hydrogens (tertiary/aromatic N) is 1. The molecule has 1 aromatic carbocycles. The van der Waals surface area contributed by atoms with Crippen LogP contribution in [0.15, 0.2) is 24.3 Å². The number of likely N-dealkylation sites (tertiary alicyclic amines) is 1. The average Bonchev–Trinajstić information content (AvgIpc) is 2.61. The van der Waals surface area contributed by atoms with Crippen LogP contribution in [0.5, 0.6) is 0 Å². The molecule has 0 atom stereocenters. The Morgan fingerprint density at radius 2 is 1.83 bits per heavy atom. The van der Waals surface area contributed by atoms with Crippen molar-refractivity contribution in [1.29, 1.82) is 0 Å². The standard InChI is InChI=1S/C17H22N2O5/c1-24-16(22)14-4-2-12(3-5-14)6-9-18-17(23)19-10-7-13(8-11-19)15(20)21/h2-5,13H,6-11H2,1H3,(H,18,23)(H,20,21). The van der Waals surface area contributed by atoms with Crippen molar-refractivity contribution in [2.75, 3.05) is 26.7 Å². The van der Waals surface area contributed by atoms with Crippen LogP contribution in [0, 0.1) is 5.92 Å². The van der Waals surface area contributed by atoms with Crippen molar-refractivity contribution in [2.45, 2.75) is 19.3 Å². The Labute approximate surface area is 140 Å². The molecule has 1 aromatic rings. The van der Waals surface area contributed by atoms with E-state index in [0.29, 0.717) is 44.5 Å². The predicted octanol–water partition coefficient (Wildman–Crippen LogP) is 1.52. The third kappa shape index (κ3) is 4.71. The summed E-state index contributed by atoms with van der Waals surface area (Å²) in [6.45, 7) is 1.42. The predicted molar refractivity (Wildman–Crippen MR) is 86.8 cm³/mol. The molecule has 0 aromatic heterocycles. The summed E-state index contributed by atoms with van der Waals surface area (Å²) in [7, 11) is 1.34. The summed E-state index contributed by atoms with van der Waals surface area (Å²) < 4.78 is 4.64. The number of carboxylic acid groups (broad SMARTS) is 1. The summed E-state index contributed by atoms with van der Waals surface area (Å²) >= 11 is 0. The van der Waals surface area contributed by atoms with E-state index in [1.54, 1.807) is 17.0 Å². The summed E-state index contributed by atoms with van der Waals surface area (Å²) in [5.41, 5.74) is 1.50. The van der Waals surface area contributed by atoms with Crippen molar-refractivity contribution in [1.82, 2.24) is 10.2 Å². The van der Waals surface area contributed by atoms with Gasteiger partial charge in [0.2, 0.25) is 0 Å². The third-order valence-corrected chi connectivity index (χ3v) is 4.20. The first-order valence-electron chi connectivity index (χ1n) is 7.94. The second-order valence-corrected chi connectivity index (χ2v) is 5.77. The molecule has 0 bridgehead atoms. The molecule has 2 rings (SSSR count). The Kier molecular flexibility index (Phi) is 6.17. The van der Waals surface area contributed by atoms with Crippen molar-refractivity contribution in [3.63, 3.8) is 0 Å². The Bertz CT molecular complexity index is 592. The van der Waals surface area contributed by atoms with Gasteiger partial charge in [0.1, 0.15) is 0 Å². The zero-order valence-corrected chi connectivity index (χ0v) is 13.7. The van der Waals surface area contributed by atoms with Gasteiger partial charge >= 0.3 is 18.0 Å². The highest BCUT2D eigenvalue weighted by Crippen LogP contribution is 2.17. The summed E-state index contributed by atoms with van der Waals surface area (Å²) in [5, 5.41) is 11.8. The molecule has 24 heavy (non-hydrogen) atoms. The van der Waals surface area contributed by atoms with E-state index in [0.717, 1.165) is 5.56 Å². The molecule has 1 aliphatic rings. The first kappa shape index (κ1) is 17.8. The number of carbonyl (C=O) groups excluding carboxylic acids is 2. The SMILES string of the molecule is COC(=O)c1ccc(CCNC(=O)N2CCC(C(=O)O)CC2)cc1. The van der Waals surface area contributed by atoms with Crippen LogP contribution in [0.25, 0.3) is 0 Å². The molecule has 0 unspecified atom stereocenters. The van der Waals surface area contributed by atoms with Crippen LogP contribution < -0.4 is 5.32 Å². The minimum atomic E-state index is -0.787. The normalized spacial score (nSPS) is 15.0. The summed E-state index contributed by atoms with van der Waals surface area (Å²) in [5.74, 6) is -1.51. The largest absolute Gasteiger partial charge is 0.481 e. The smallest absolute Gasteiger partial charge is 0.337 e. The van der Waals surface area contributed by atoms with E-state index in [-0.39, 0.29) is 17.9 Å². The van der Waals surface area contributed by atoms with Gasteiger partial charge in [0.15, 0.2) is 0 Å². The van der Waals surface area contributed by atoms with Gasteiger partial charge < -0.3 is 20.1 Å². The number of methoxy groups -OCH3 is 1. The van der Waals surface area contributed by atoms with Gasteiger partial charge in [-0.2, -0.15) is 0 Å². The molecular formula is C17H22N2O5. The Morgan fingerprint density at radius 3 is 2.38 bits per heavy atom. The number of rotatable bonds is 5. The van der Waals surface area contributed by atoms with Crippen molar-refractivity contribution < 1.29 is 24.2 Å². The zero-order chi connectivity index (χ0) is 17.5. The first-order chi connectivity index (χ1) is 11.5. The van der Waals surface area contributed by atoms with Crippen LogP contribution in [0.2, 0.25) is 0 Å². The van der Waals surface area contributed by atoms with Crippen LogP contribution in [-0.2, 0) is 16.0 Å². The number of piperidine rings is 1. The van der Waals surface area contributed by atoms with Crippen molar-refractivity contribution >= 4 is 18.0 Å². The van der Waals surface area contributed by atoms with Crippen LogP contribution in [-0.4, -0.2) is 54.7 Å². The van der Waals surface area contributed by atoms with E-state index >= 15 is 0 Å². The summed E-state index contributed by atoms with van der Waals surface area (Å²) in [4.78, 5) is 35.9. The van der Waals surface area contributed by atoms with Gasteiger partial charge in [-0.1, -0.05) is 12.1 Å². The van der Waals surface area contributed by atoms with Gasteiger partial charge in [-0.15, -0.1) is 0 Å². The van der Waals surface area contributed by atoms with Crippen LogP contribution in [0.4, 0.5) is 4.79 Å². The van der Waals surface area contributed by atoms with Crippen molar-refractivity contribution in [3.8, 4) is 0 Å². The monoisotopic (exact) mass is 334 g/mol. The number of carboxylic acids is 1. The average molecular weight is 334 g/mol. The lowest BCUT2D eigenvalue weighted by molar-refractivity contribution is -0.143. The fourth-order valence-corrected chi connectivity index (χ4v) is 2.68. The number of hydrogen-bond acceptors (Lipinski definition) is 4. The molecule has 1 aliphatic heterocycles. The Morgan fingerprint density at radius 1 is 1.21 bits per heavy atom. The van der Waals surface area contributed by atoms with E-state index in [1.807, 2.05) is 12.1 Å². The highest BCUT2D eigenvalue weighted by Gasteiger charge is 2.26. The van der Waals surface area contributed by atoms with E-state index in [1.165, 1.54) is 7.11 Å². The minimum absolute atomic E-state index is 0.162. The molecule has 1 fully saturated rings. The number of hydrogen-bond donors (Lipinski definition) is 2. The van der Waals surface area contributed by atoms with Gasteiger partial charge in [-0.25, -0.2) is 9.59 Å². The lowest BCUT2D eigenvalue weighted by Gasteiger charge is -2.30. The number of esters is 1. The van der Waals surface area contributed by atoms with E-state index in [9.17, 15) is 14.4 Å². The van der Waals surface area contributed by atoms with Gasteiger partial charge in [0.25, 0.3) is 0 Å². The number of urea groups is 1. The highest BCUT2D eigenvalue weighted by molar-refractivity contribution is 5.89. The molecule has 7 nitrogen and oxygen atoms in total. The van der Waals surface area contributed by atoms with Crippen molar-refractivity contribution in [2.24, 2.45) is 5.92 Å². The number of amides is 2. The van der Waals surface area contributed by atoms with Gasteiger partial charge in [-0.3, -0.25) is 4.79 Å². The Balaban J connectivity index is 1.73.